The number of aldehydes is 1. The lowest BCUT2D eigenvalue weighted by atomic mass is 10.0. The molecule has 2 N–H and O–H groups in total. The molecule has 0 aromatic heterocycles. The lowest BCUT2D eigenvalue weighted by Gasteiger charge is -2.06. The van der Waals surface area contributed by atoms with Crippen molar-refractivity contribution in [2.75, 3.05) is 0 Å². The molecule has 0 bridgehead atoms. The average Bonchev–Trinajstić information content (AvgIpc) is 2.29. The molecule has 0 aliphatic heterocycles. The quantitative estimate of drug-likeness (QED) is 0.753. The van der Waals surface area contributed by atoms with Crippen LogP contribution in [0.3, 0.4) is 0 Å². The Bertz CT molecular complexity index is 587. The Hall–Kier alpha value is -2.36. The van der Waals surface area contributed by atoms with Gasteiger partial charge in [0.2, 0.25) is 0 Å². The van der Waals surface area contributed by atoms with Gasteiger partial charge in [0.05, 0.1) is 11.1 Å². The van der Waals surface area contributed by atoms with Crippen molar-refractivity contribution in [3.05, 3.63) is 41.5 Å². The predicted octanol–water partition coefficient (Wildman–Crippen LogP) is 2.06. The summed E-state index contributed by atoms with van der Waals surface area (Å²) in [7, 11) is 0. The van der Waals surface area contributed by atoms with Crippen molar-refractivity contribution in [1.82, 2.24) is 0 Å². The minimum atomic E-state index is -1.23. The van der Waals surface area contributed by atoms with Crippen molar-refractivity contribution in [3.8, 4) is 5.75 Å². The third-order valence-electron chi connectivity index (χ3n) is 2.41. The lowest BCUT2D eigenvalue weighted by Crippen LogP contribution is -2.02. The first-order valence-corrected chi connectivity index (χ1v) is 4.58. The number of carbonyl (C=O) groups is 2. The van der Waals surface area contributed by atoms with Crippen LogP contribution in [0.15, 0.2) is 30.3 Å². The van der Waals surface area contributed by atoms with Gasteiger partial charge in [-0.1, -0.05) is 24.3 Å². The number of aromatic carboxylic acids is 1. The average molecular weight is 216 g/mol. The Balaban J connectivity index is 2.92. The van der Waals surface area contributed by atoms with E-state index in [2.05, 4.69) is 0 Å². The van der Waals surface area contributed by atoms with Crippen molar-refractivity contribution < 1.29 is 19.8 Å². The molecule has 4 heteroatoms. The molecule has 0 amide bonds. The van der Waals surface area contributed by atoms with Crippen LogP contribution in [0.25, 0.3) is 10.8 Å². The van der Waals surface area contributed by atoms with Gasteiger partial charge in [-0.3, -0.25) is 4.79 Å². The molecule has 0 unspecified atom stereocenters. The van der Waals surface area contributed by atoms with E-state index in [1.807, 2.05) is 0 Å². The lowest BCUT2D eigenvalue weighted by molar-refractivity contribution is 0.0693. The Labute approximate surface area is 90.8 Å². The molecule has 2 aromatic carbocycles. The number of hydrogen-bond donors (Lipinski definition) is 2. The summed E-state index contributed by atoms with van der Waals surface area (Å²) in [6.45, 7) is 0. The van der Waals surface area contributed by atoms with E-state index in [4.69, 9.17) is 5.11 Å². The summed E-state index contributed by atoms with van der Waals surface area (Å²) in [5, 5.41) is 19.7. The zero-order valence-electron chi connectivity index (χ0n) is 8.18. The van der Waals surface area contributed by atoms with Crippen LogP contribution in [0, 0.1) is 0 Å². The van der Waals surface area contributed by atoms with Gasteiger partial charge < -0.3 is 10.2 Å². The molecule has 0 radical (unpaired) electrons. The van der Waals surface area contributed by atoms with Crippen molar-refractivity contribution >= 4 is 23.0 Å². The molecule has 0 fully saturated rings. The summed E-state index contributed by atoms with van der Waals surface area (Å²) in [5.74, 6) is -1.52. The fraction of sp³-hybridized carbons (Fsp3) is 0. The van der Waals surface area contributed by atoms with E-state index in [9.17, 15) is 14.7 Å². The maximum atomic E-state index is 10.9. The Morgan fingerprint density at radius 2 is 1.94 bits per heavy atom. The molecular weight excluding hydrogens is 208 g/mol. The monoisotopic (exact) mass is 216 g/mol. The first-order chi connectivity index (χ1) is 7.65. The summed E-state index contributed by atoms with van der Waals surface area (Å²) in [4.78, 5) is 21.7. The highest BCUT2D eigenvalue weighted by Gasteiger charge is 2.16. The molecule has 2 aromatic rings. The van der Waals surface area contributed by atoms with Crippen LogP contribution in [-0.4, -0.2) is 22.5 Å². The Morgan fingerprint density at radius 3 is 2.56 bits per heavy atom. The largest absolute Gasteiger partial charge is 0.507 e. The van der Waals surface area contributed by atoms with Crippen LogP contribution in [0.2, 0.25) is 0 Å². The van der Waals surface area contributed by atoms with Gasteiger partial charge in [0, 0.05) is 5.39 Å². The third-order valence-corrected chi connectivity index (χ3v) is 2.41. The Kier molecular flexibility index (Phi) is 2.32. The van der Waals surface area contributed by atoms with E-state index in [-0.39, 0.29) is 16.9 Å². The van der Waals surface area contributed by atoms with Gasteiger partial charge in [-0.25, -0.2) is 4.79 Å². The highest BCUT2D eigenvalue weighted by molar-refractivity contribution is 6.06. The summed E-state index contributed by atoms with van der Waals surface area (Å²) < 4.78 is 0. The van der Waals surface area contributed by atoms with Gasteiger partial charge in [-0.05, 0) is 11.5 Å². The van der Waals surface area contributed by atoms with E-state index in [0.717, 1.165) is 0 Å². The van der Waals surface area contributed by atoms with Crippen LogP contribution >= 0.6 is 0 Å². The molecule has 2 rings (SSSR count). The van der Waals surface area contributed by atoms with E-state index >= 15 is 0 Å². The second-order valence-electron chi connectivity index (χ2n) is 3.33. The molecule has 0 heterocycles. The minimum Gasteiger partial charge on any atom is -0.507 e. The normalized spacial score (nSPS) is 10.2. The van der Waals surface area contributed by atoms with Gasteiger partial charge in [-0.2, -0.15) is 0 Å². The molecule has 0 aliphatic carbocycles. The van der Waals surface area contributed by atoms with Gasteiger partial charge in [-0.15, -0.1) is 0 Å². The molecule has 0 aliphatic rings. The fourth-order valence-corrected chi connectivity index (χ4v) is 1.64. The number of benzene rings is 2. The minimum absolute atomic E-state index is 0.189. The number of fused-ring (bicyclic) bond motifs is 1. The maximum absolute atomic E-state index is 10.9. The van der Waals surface area contributed by atoms with Crippen LogP contribution in [0.4, 0.5) is 0 Å². The van der Waals surface area contributed by atoms with Crippen LogP contribution in [0.1, 0.15) is 20.7 Å². The molecule has 0 saturated carbocycles. The molecule has 0 spiro atoms. The Morgan fingerprint density at radius 1 is 1.25 bits per heavy atom. The second-order valence-corrected chi connectivity index (χ2v) is 3.33. The second kappa shape index (κ2) is 3.66. The van der Waals surface area contributed by atoms with E-state index < -0.39 is 5.97 Å². The van der Waals surface area contributed by atoms with Crippen molar-refractivity contribution in [2.24, 2.45) is 0 Å². The van der Waals surface area contributed by atoms with Gasteiger partial charge in [0.15, 0.2) is 6.29 Å². The summed E-state index contributed by atoms with van der Waals surface area (Å²) >= 11 is 0. The highest BCUT2D eigenvalue weighted by atomic mass is 16.4. The number of aromatic hydroxyl groups is 1. The van der Waals surface area contributed by atoms with E-state index in [1.165, 1.54) is 6.07 Å². The van der Waals surface area contributed by atoms with Crippen LogP contribution in [-0.2, 0) is 0 Å². The maximum Gasteiger partial charge on any atom is 0.336 e. The SMILES string of the molecule is O=Cc1c(C(=O)O)cc2ccccc2c1O. The molecular formula is C12H8O4. The van der Waals surface area contributed by atoms with E-state index in [0.29, 0.717) is 17.1 Å². The topological polar surface area (TPSA) is 74.6 Å². The van der Waals surface area contributed by atoms with E-state index in [1.54, 1.807) is 24.3 Å². The number of phenols is 1. The first kappa shape index (κ1) is 10.2. The fourth-order valence-electron chi connectivity index (χ4n) is 1.64. The van der Waals surface area contributed by atoms with Gasteiger partial charge in [0.25, 0.3) is 0 Å². The number of carboxylic acids is 1. The summed E-state index contributed by atoms with van der Waals surface area (Å²) in [6, 6.07) is 8.12. The molecule has 0 atom stereocenters. The van der Waals surface area contributed by atoms with Crippen LogP contribution in [0.5, 0.6) is 5.75 Å². The number of carboxylic acid groups (broad SMARTS) is 1. The molecule has 0 saturated heterocycles. The molecule has 80 valence electrons. The predicted molar refractivity (Wildman–Crippen MR) is 58.0 cm³/mol. The number of carbonyl (C=O) groups excluding carboxylic acids is 1. The van der Waals surface area contributed by atoms with Crippen LogP contribution < -0.4 is 0 Å². The van der Waals surface area contributed by atoms with Crippen molar-refractivity contribution in [1.29, 1.82) is 0 Å². The van der Waals surface area contributed by atoms with Crippen molar-refractivity contribution in [3.63, 3.8) is 0 Å². The van der Waals surface area contributed by atoms with Gasteiger partial charge in [0.1, 0.15) is 5.75 Å². The number of phenolic OH excluding ortho intramolecular Hbond substituents is 1. The highest BCUT2D eigenvalue weighted by Crippen LogP contribution is 2.30. The zero-order valence-corrected chi connectivity index (χ0v) is 8.18. The summed E-state index contributed by atoms with van der Waals surface area (Å²) in [5.41, 5.74) is -0.377. The third kappa shape index (κ3) is 1.40. The number of rotatable bonds is 2. The first-order valence-electron chi connectivity index (χ1n) is 4.58. The number of hydrogen-bond acceptors (Lipinski definition) is 3. The van der Waals surface area contributed by atoms with Gasteiger partial charge >= 0.3 is 5.97 Å². The van der Waals surface area contributed by atoms with Crippen molar-refractivity contribution in [2.45, 2.75) is 0 Å². The standard InChI is InChI=1S/C12H8O4/c13-6-10-9(12(15)16)5-7-3-1-2-4-8(7)11(10)14/h1-6,14H,(H,15,16). The molecule has 16 heavy (non-hydrogen) atoms. The molecule has 4 nitrogen and oxygen atoms in total. The zero-order chi connectivity index (χ0) is 11.7. The summed E-state index contributed by atoms with van der Waals surface area (Å²) in [6.07, 6.45) is 0.352. The smallest absolute Gasteiger partial charge is 0.336 e.